The van der Waals surface area contributed by atoms with Crippen molar-refractivity contribution in [3.05, 3.63) is 65.1 Å². The summed E-state index contributed by atoms with van der Waals surface area (Å²) < 4.78 is 0. The number of allylic oxidation sites excluding steroid dienone is 1. The summed E-state index contributed by atoms with van der Waals surface area (Å²) in [7, 11) is 0. The quantitative estimate of drug-likeness (QED) is 0.839. The molecule has 2 aliphatic rings. The molecule has 1 saturated heterocycles. The smallest absolute Gasteiger partial charge is 0.232 e. The van der Waals surface area contributed by atoms with Crippen LogP contribution >= 0.6 is 0 Å². The Balaban J connectivity index is 1.58. The molecule has 2 aromatic rings. The fourth-order valence-corrected chi connectivity index (χ4v) is 4.36. The minimum Gasteiger partial charge on any atom is -0.351 e. The molecule has 1 aromatic heterocycles. The van der Waals surface area contributed by atoms with Gasteiger partial charge in [-0.1, -0.05) is 36.4 Å². The number of aromatic nitrogens is 2. The first-order chi connectivity index (χ1) is 13.6. The van der Waals surface area contributed by atoms with Crippen LogP contribution in [0.4, 0.5) is 0 Å². The highest BCUT2D eigenvalue weighted by Gasteiger charge is 2.49. The second-order valence-electron chi connectivity index (χ2n) is 7.73. The van der Waals surface area contributed by atoms with Gasteiger partial charge in [0.1, 0.15) is 0 Å². The number of nitrogens with one attached hydrogen (secondary N) is 2. The van der Waals surface area contributed by atoms with Crippen molar-refractivity contribution in [2.75, 3.05) is 0 Å². The fraction of sp³-hybridized carbons (Fsp3) is 0.409. The molecular formula is C22H26N4O2. The van der Waals surface area contributed by atoms with Gasteiger partial charge in [0.05, 0.1) is 18.2 Å². The number of nitrogens with zero attached hydrogens (tertiary/aromatic N) is 2. The van der Waals surface area contributed by atoms with Gasteiger partial charge in [-0.3, -0.25) is 14.7 Å². The standard InChI is InChI=1S/C22H26N4O2/c1-16-18(14-24-25-16)13-23-21(28)22-11-6-5-9-19(22)26(20(27)10-12-22)15-17-7-3-2-4-8-17/h2-4,7-9,14H,5-6,10-13,15H2,1H3,(H,23,28)(H,24,25). The largest absolute Gasteiger partial charge is 0.351 e. The van der Waals surface area contributed by atoms with Gasteiger partial charge in [-0.05, 0) is 38.2 Å². The number of H-pyrrole nitrogens is 1. The van der Waals surface area contributed by atoms with Crippen LogP contribution in [0.25, 0.3) is 0 Å². The molecule has 4 rings (SSSR count). The topological polar surface area (TPSA) is 78.1 Å². The molecule has 28 heavy (non-hydrogen) atoms. The van der Waals surface area contributed by atoms with Crippen molar-refractivity contribution in [3.8, 4) is 0 Å². The predicted molar refractivity (Wildman–Crippen MR) is 106 cm³/mol. The van der Waals surface area contributed by atoms with Crippen LogP contribution in [0.2, 0.25) is 0 Å². The summed E-state index contributed by atoms with van der Waals surface area (Å²) in [5.74, 6) is 0.121. The molecule has 0 bridgehead atoms. The summed E-state index contributed by atoms with van der Waals surface area (Å²) in [6, 6.07) is 9.97. The SMILES string of the molecule is Cc1[nH]ncc1CNC(=O)C12CCCC=C1N(Cc1ccccc1)C(=O)CC2. The van der Waals surface area contributed by atoms with Crippen LogP contribution in [0.15, 0.2) is 48.3 Å². The van der Waals surface area contributed by atoms with Crippen molar-refractivity contribution in [1.82, 2.24) is 20.4 Å². The first-order valence-corrected chi connectivity index (χ1v) is 9.92. The predicted octanol–water partition coefficient (Wildman–Crippen LogP) is 3.21. The zero-order chi connectivity index (χ0) is 19.6. The molecule has 6 heteroatoms. The molecule has 0 spiro atoms. The molecule has 146 valence electrons. The van der Waals surface area contributed by atoms with Crippen molar-refractivity contribution in [3.63, 3.8) is 0 Å². The summed E-state index contributed by atoms with van der Waals surface area (Å²) in [6.45, 7) is 2.91. The number of carbonyl (C=O) groups excluding carboxylic acids is 2. The third-order valence-electron chi connectivity index (χ3n) is 5.99. The number of benzene rings is 1. The van der Waals surface area contributed by atoms with Gasteiger partial charge in [-0.2, -0.15) is 5.10 Å². The average Bonchev–Trinajstić information content (AvgIpc) is 3.14. The van der Waals surface area contributed by atoms with Gasteiger partial charge in [-0.25, -0.2) is 0 Å². The first-order valence-electron chi connectivity index (χ1n) is 9.92. The summed E-state index contributed by atoms with van der Waals surface area (Å²) in [5.41, 5.74) is 3.30. The van der Waals surface area contributed by atoms with Gasteiger partial charge in [-0.15, -0.1) is 0 Å². The van der Waals surface area contributed by atoms with E-state index >= 15 is 0 Å². The Kier molecular flexibility index (Phi) is 5.03. The Hall–Kier alpha value is -2.89. The van der Waals surface area contributed by atoms with Crippen molar-refractivity contribution in [2.24, 2.45) is 5.41 Å². The van der Waals surface area contributed by atoms with Crippen LogP contribution in [0, 0.1) is 12.3 Å². The second kappa shape index (κ2) is 7.62. The molecule has 2 N–H and O–H groups in total. The number of rotatable bonds is 5. The Morgan fingerprint density at radius 2 is 2.11 bits per heavy atom. The van der Waals surface area contributed by atoms with Gasteiger partial charge in [0.25, 0.3) is 0 Å². The van der Waals surface area contributed by atoms with Gasteiger partial charge >= 0.3 is 0 Å². The second-order valence-corrected chi connectivity index (χ2v) is 7.73. The van der Waals surface area contributed by atoms with Crippen molar-refractivity contribution >= 4 is 11.8 Å². The number of fused-ring (bicyclic) bond motifs is 1. The summed E-state index contributed by atoms with van der Waals surface area (Å²) in [4.78, 5) is 27.9. The maximum absolute atomic E-state index is 13.3. The summed E-state index contributed by atoms with van der Waals surface area (Å²) >= 11 is 0. The number of aromatic amines is 1. The van der Waals surface area contributed by atoms with Crippen LogP contribution < -0.4 is 5.32 Å². The molecule has 1 aliphatic carbocycles. The maximum atomic E-state index is 13.3. The number of likely N-dealkylation sites (tertiary alicyclic amines) is 1. The fourth-order valence-electron chi connectivity index (χ4n) is 4.36. The number of hydrogen-bond donors (Lipinski definition) is 2. The van der Waals surface area contributed by atoms with E-state index < -0.39 is 5.41 Å². The van der Waals surface area contributed by atoms with Crippen molar-refractivity contribution < 1.29 is 9.59 Å². The molecule has 1 aromatic carbocycles. The average molecular weight is 378 g/mol. The molecule has 6 nitrogen and oxygen atoms in total. The third-order valence-corrected chi connectivity index (χ3v) is 5.99. The summed E-state index contributed by atoms with van der Waals surface area (Å²) in [5, 5.41) is 10.0. The lowest BCUT2D eigenvalue weighted by molar-refractivity contribution is -0.141. The lowest BCUT2D eigenvalue weighted by atomic mass is 9.69. The van der Waals surface area contributed by atoms with Crippen LogP contribution in [0.3, 0.4) is 0 Å². The van der Waals surface area contributed by atoms with Gasteiger partial charge < -0.3 is 10.2 Å². The van der Waals surface area contributed by atoms with Crippen LogP contribution in [0.5, 0.6) is 0 Å². The Morgan fingerprint density at radius 3 is 2.86 bits per heavy atom. The van der Waals surface area contributed by atoms with Gasteiger partial charge in [0, 0.05) is 29.9 Å². The van der Waals surface area contributed by atoms with E-state index in [1.807, 2.05) is 42.2 Å². The molecule has 0 saturated carbocycles. The van der Waals surface area contributed by atoms with Crippen LogP contribution in [-0.4, -0.2) is 26.9 Å². The van der Waals surface area contributed by atoms with E-state index in [1.54, 1.807) is 6.20 Å². The Morgan fingerprint density at radius 1 is 1.29 bits per heavy atom. The molecule has 1 fully saturated rings. The molecule has 1 aliphatic heterocycles. The summed E-state index contributed by atoms with van der Waals surface area (Å²) in [6.07, 6.45) is 7.50. The zero-order valence-electron chi connectivity index (χ0n) is 16.2. The highest BCUT2D eigenvalue weighted by molar-refractivity contribution is 5.91. The molecule has 2 amide bonds. The molecule has 0 radical (unpaired) electrons. The normalized spacial score (nSPS) is 21.8. The third kappa shape index (κ3) is 3.35. The molecule has 1 atom stereocenters. The molecular weight excluding hydrogens is 352 g/mol. The van der Waals surface area contributed by atoms with Crippen LogP contribution in [-0.2, 0) is 22.7 Å². The Bertz CT molecular complexity index is 902. The van der Waals surface area contributed by atoms with E-state index in [4.69, 9.17) is 0 Å². The highest BCUT2D eigenvalue weighted by atomic mass is 16.2. The van der Waals surface area contributed by atoms with Crippen molar-refractivity contribution in [1.29, 1.82) is 0 Å². The first kappa shape index (κ1) is 18.5. The highest BCUT2D eigenvalue weighted by Crippen LogP contribution is 2.47. The van der Waals surface area contributed by atoms with Crippen molar-refractivity contribution in [2.45, 2.75) is 52.1 Å². The van der Waals surface area contributed by atoms with Crippen LogP contribution in [0.1, 0.15) is 48.9 Å². The Labute approximate surface area is 165 Å². The number of piperidine rings is 1. The monoisotopic (exact) mass is 378 g/mol. The number of hydrogen-bond acceptors (Lipinski definition) is 3. The zero-order valence-corrected chi connectivity index (χ0v) is 16.2. The van der Waals surface area contributed by atoms with E-state index in [0.29, 0.717) is 25.9 Å². The number of aryl methyl sites for hydroxylation is 1. The van der Waals surface area contributed by atoms with Gasteiger partial charge in [0.15, 0.2) is 0 Å². The number of amides is 2. The lowest BCUT2D eigenvalue weighted by Crippen LogP contribution is -2.52. The van der Waals surface area contributed by atoms with E-state index in [1.165, 1.54) is 0 Å². The molecule has 2 heterocycles. The minimum atomic E-state index is -0.613. The number of carbonyl (C=O) groups is 2. The van der Waals surface area contributed by atoms with E-state index in [2.05, 4.69) is 21.6 Å². The van der Waals surface area contributed by atoms with E-state index in [0.717, 1.165) is 41.8 Å². The van der Waals surface area contributed by atoms with Gasteiger partial charge in [0.2, 0.25) is 11.8 Å². The maximum Gasteiger partial charge on any atom is 0.232 e. The lowest BCUT2D eigenvalue weighted by Gasteiger charge is -2.46. The molecule has 1 unspecified atom stereocenters. The minimum absolute atomic E-state index is 0.0182. The van der Waals surface area contributed by atoms with E-state index in [-0.39, 0.29) is 11.8 Å². The van der Waals surface area contributed by atoms with E-state index in [9.17, 15) is 9.59 Å².